The molecule has 2 aliphatic rings. The molecule has 0 unspecified atom stereocenters. The first-order valence-electron chi connectivity index (χ1n) is 20.5. The third kappa shape index (κ3) is 5.30. The molecule has 0 saturated heterocycles. The maximum atomic E-state index is 6.39. The predicted molar refractivity (Wildman–Crippen MR) is 244 cm³/mol. The lowest BCUT2D eigenvalue weighted by Gasteiger charge is -2.33. The number of fused-ring (bicyclic) bond motifs is 5. The third-order valence-corrected chi connectivity index (χ3v) is 12.4. The Morgan fingerprint density at radius 3 is 1.65 bits per heavy atom. The van der Waals surface area contributed by atoms with Crippen LogP contribution in [-0.2, 0) is 5.41 Å². The fourth-order valence-corrected chi connectivity index (χ4v) is 9.64. The summed E-state index contributed by atoms with van der Waals surface area (Å²) in [5.74, 6) is 2.48. The van der Waals surface area contributed by atoms with Gasteiger partial charge in [-0.05, 0) is 85.8 Å². The normalized spacial score (nSPS) is 12.9. The molecule has 1 aromatic heterocycles. The molecule has 0 bridgehead atoms. The van der Waals surface area contributed by atoms with Crippen LogP contribution >= 0.6 is 0 Å². The van der Waals surface area contributed by atoms with Crippen LogP contribution in [0.15, 0.2) is 218 Å². The van der Waals surface area contributed by atoms with Gasteiger partial charge in [-0.25, -0.2) is 9.97 Å². The van der Waals surface area contributed by atoms with Crippen LogP contribution in [0.3, 0.4) is 0 Å². The van der Waals surface area contributed by atoms with E-state index < -0.39 is 5.41 Å². The summed E-state index contributed by atoms with van der Waals surface area (Å²) in [5.41, 5.74) is 16.4. The number of benzene rings is 9. The van der Waals surface area contributed by atoms with Crippen molar-refractivity contribution in [3.63, 3.8) is 0 Å². The van der Waals surface area contributed by atoms with Crippen LogP contribution in [-0.4, -0.2) is 9.97 Å². The van der Waals surface area contributed by atoms with Crippen LogP contribution in [0.2, 0.25) is 0 Å². The Bertz CT molecular complexity index is 3220. The summed E-state index contributed by atoms with van der Waals surface area (Å²) in [6.45, 7) is 0. The van der Waals surface area contributed by atoms with Gasteiger partial charge < -0.3 is 4.74 Å². The molecule has 0 atom stereocenters. The Morgan fingerprint density at radius 2 is 0.900 bits per heavy atom. The Morgan fingerprint density at radius 1 is 0.333 bits per heavy atom. The second kappa shape index (κ2) is 13.6. The zero-order valence-electron chi connectivity index (χ0n) is 32.6. The van der Waals surface area contributed by atoms with E-state index in [2.05, 4.69) is 200 Å². The van der Waals surface area contributed by atoms with Gasteiger partial charge in [0.15, 0.2) is 5.82 Å². The first-order chi connectivity index (χ1) is 29.7. The minimum absolute atomic E-state index is 0.455. The van der Waals surface area contributed by atoms with E-state index in [1.54, 1.807) is 0 Å². The van der Waals surface area contributed by atoms with E-state index in [0.29, 0.717) is 5.82 Å². The fourth-order valence-electron chi connectivity index (χ4n) is 9.64. The molecule has 0 fully saturated rings. The van der Waals surface area contributed by atoms with Crippen LogP contribution in [0.1, 0.15) is 22.3 Å². The van der Waals surface area contributed by atoms with E-state index in [4.69, 9.17) is 14.7 Å². The molecule has 0 radical (unpaired) electrons. The monoisotopic (exact) mass is 764 g/mol. The van der Waals surface area contributed by atoms with Crippen molar-refractivity contribution in [2.24, 2.45) is 0 Å². The van der Waals surface area contributed by atoms with E-state index >= 15 is 0 Å². The Kier molecular flexibility index (Phi) is 7.76. The topological polar surface area (TPSA) is 35.0 Å². The standard InChI is InChI=1S/C57H36N2O/c1-4-14-40(15-5-1)56-58-51(38-28-26-37(27-29-38)41-31-33-53-48(34-41)46-23-12-16-39-17-13-25-54(60-53)55(39)46)36-52(59-56)42-30-32-50-47(35-42)45-22-10-11-24-49(45)57(50,43-18-6-2-7-19-43)44-20-8-3-9-21-44/h1-36H. The Labute approximate surface area is 348 Å². The lowest BCUT2D eigenvalue weighted by Crippen LogP contribution is -2.28. The number of ether oxygens (including phenoxy) is 1. The van der Waals surface area contributed by atoms with E-state index in [1.165, 1.54) is 44.3 Å². The van der Waals surface area contributed by atoms with E-state index in [9.17, 15) is 0 Å². The Hall–Kier alpha value is -7.88. The molecule has 2 heterocycles. The van der Waals surface area contributed by atoms with Gasteiger partial charge in [0.2, 0.25) is 0 Å². The molecule has 12 rings (SSSR count). The van der Waals surface area contributed by atoms with Crippen molar-refractivity contribution >= 4 is 10.8 Å². The smallest absolute Gasteiger partial charge is 0.160 e. The molecule has 10 aromatic rings. The predicted octanol–water partition coefficient (Wildman–Crippen LogP) is 14.4. The van der Waals surface area contributed by atoms with Crippen LogP contribution in [0, 0.1) is 0 Å². The minimum Gasteiger partial charge on any atom is -0.456 e. The maximum Gasteiger partial charge on any atom is 0.160 e. The summed E-state index contributed by atoms with van der Waals surface area (Å²) in [6, 6.07) is 78.0. The van der Waals surface area contributed by atoms with Crippen LogP contribution in [0.25, 0.3) is 78.1 Å². The van der Waals surface area contributed by atoms with Gasteiger partial charge in [0.25, 0.3) is 0 Å². The maximum absolute atomic E-state index is 6.39. The van der Waals surface area contributed by atoms with Gasteiger partial charge in [0.1, 0.15) is 11.5 Å². The average Bonchev–Trinajstić information content (AvgIpc) is 3.63. The number of rotatable bonds is 6. The molecule has 9 aromatic carbocycles. The summed E-state index contributed by atoms with van der Waals surface area (Å²) in [6.07, 6.45) is 0. The van der Waals surface area contributed by atoms with E-state index in [-0.39, 0.29) is 0 Å². The number of nitrogens with zero attached hydrogens (tertiary/aromatic N) is 2. The highest BCUT2D eigenvalue weighted by Crippen LogP contribution is 2.56. The van der Waals surface area contributed by atoms with Crippen molar-refractivity contribution in [1.29, 1.82) is 0 Å². The van der Waals surface area contributed by atoms with Gasteiger partial charge in [-0.2, -0.15) is 0 Å². The van der Waals surface area contributed by atoms with Crippen molar-refractivity contribution in [1.82, 2.24) is 9.97 Å². The van der Waals surface area contributed by atoms with Crippen molar-refractivity contribution in [2.45, 2.75) is 5.41 Å². The molecular formula is C57H36N2O. The number of hydrogen-bond acceptors (Lipinski definition) is 3. The molecule has 0 saturated carbocycles. The van der Waals surface area contributed by atoms with Crippen molar-refractivity contribution in [3.05, 3.63) is 241 Å². The van der Waals surface area contributed by atoms with Crippen LogP contribution in [0.4, 0.5) is 0 Å². The molecule has 3 heteroatoms. The molecule has 1 aliphatic carbocycles. The van der Waals surface area contributed by atoms with Gasteiger partial charge in [0.05, 0.1) is 16.8 Å². The highest BCUT2D eigenvalue weighted by molar-refractivity contribution is 6.04. The lowest BCUT2D eigenvalue weighted by atomic mass is 9.67. The van der Waals surface area contributed by atoms with Gasteiger partial charge in [-0.15, -0.1) is 0 Å². The second-order valence-electron chi connectivity index (χ2n) is 15.7. The van der Waals surface area contributed by atoms with Gasteiger partial charge >= 0.3 is 0 Å². The SMILES string of the molecule is c1ccc(-c2nc(-c3ccc(-c4ccc5c(c4)-c4cccc6cccc(c46)O5)cc3)cc(-c3ccc4c(c3)-c3ccccc3C4(c3ccccc3)c3ccccc3)n2)cc1. The van der Waals surface area contributed by atoms with Crippen LogP contribution < -0.4 is 4.74 Å². The minimum atomic E-state index is -0.455. The highest BCUT2D eigenvalue weighted by Gasteiger charge is 2.46. The van der Waals surface area contributed by atoms with E-state index in [1.807, 2.05) is 18.2 Å². The largest absolute Gasteiger partial charge is 0.456 e. The van der Waals surface area contributed by atoms with Gasteiger partial charge in [-0.3, -0.25) is 0 Å². The molecule has 280 valence electrons. The lowest BCUT2D eigenvalue weighted by molar-refractivity contribution is 0.487. The zero-order chi connectivity index (χ0) is 39.6. The second-order valence-corrected chi connectivity index (χ2v) is 15.7. The molecular weight excluding hydrogens is 729 g/mol. The quantitative estimate of drug-likeness (QED) is 0.169. The van der Waals surface area contributed by atoms with Crippen molar-refractivity contribution in [3.8, 4) is 78.8 Å². The zero-order valence-corrected chi connectivity index (χ0v) is 32.6. The molecule has 60 heavy (non-hydrogen) atoms. The third-order valence-electron chi connectivity index (χ3n) is 12.4. The average molecular weight is 765 g/mol. The fraction of sp³-hybridized carbons (Fsp3) is 0.0175. The summed E-state index contributed by atoms with van der Waals surface area (Å²) < 4.78 is 6.39. The van der Waals surface area contributed by atoms with E-state index in [0.717, 1.165) is 61.7 Å². The summed E-state index contributed by atoms with van der Waals surface area (Å²) in [5, 5.41) is 2.34. The first-order valence-corrected chi connectivity index (χ1v) is 20.5. The molecule has 3 nitrogen and oxygen atoms in total. The number of hydrogen-bond donors (Lipinski definition) is 0. The molecule has 0 amide bonds. The molecule has 0 N–H and O–H groups in total. The number of aromatic nitrogens is 2. The summed E-state index contributed by atoms with van der Waals surface area (Å²) >= 11 is 0. The first kappa shape index (κ1) is 34.2. The molecule has 1 aliphatic heterocycles. The molecule has 0 spiro atoms. The van der Waals surface area contributed by atoms with Gasteiger partial charge in [0, 0.05) is 27.6 Å². The van der Waals surface area contributed by atoms with Crippen molar-refractivity contribution in [2.75, 3.05) is 0 Å². The Balaban J connectivity index is 0.969. The summed E-state index contributed by atoms with van der Waals surface area (Å²) in [4.78, 5) is 10.4. The van der Waals surface area contributed by atoms with Crippen molar-refractivity contribution < 1.29 is 4.74 Å². The van der Waals surface area contributed by atoms with Crippen LogP contribution in [0.5, 0.6) is 11.5 Å². The van der Waals surface area contributed by atoms with Gasteiger partial charge in [-0.1, -0.05) is 188 Å². The summed E-state index contributed by atoms with van der Waals surface area (Å²) in [7, 11) is 0. The highest BCUT2D eigenvalue weighted by atomic mass is 16.5.